The van der Waals surface area contributed by atoms with Crippen LogP contribution in [0.15, 0.2) is 48.8 Å². The third-order valence-corrected chi connectivity index (χ3v) is 3.89. The maximum absolute atomic E-state index is 7.68. The van der Waals surface area contributed by atoms with Crippen LogP contribution in [0.2, 0.25) is 0 Å². The monoisotopic (exact) mass is 266 g/mol. The Morgan fingerprint density at radius 1 is 1.25 bits per heavy atom. The van der Waals surface area contributed by atoms with Crippen LogP contribution in [0.3, 0.4) is 0 Å². The Balaban J connectivity index is 1.83. The van der Waals surface area contributed by atoms with Crippen LogP contribution in [0.4, 0.5) is 5.69 Å². The molecule has 1 aliphatic rings. The van der Waals surface area contributed by atoms with E-state index in [4.69, 9.17) is 11.1 Å². The Morgan fingerprint density at radius 2 is 2.05 bits per heavy atom. The number of amidine groups is 1. The lowest BCUT2D eigenvalue weighted by atomic mass is 9.99. The van der Waals surface area contributed by atoms with Crippen LogP contribution in [0.25, 0.3) is 0 Å². The third kappa shape index (κ3) is 2.37. The van der Waals surface area contributed by atoms with E-state index in [-0.39, 0.29) is 5.84 Å². The fourth-order valence-electron chi connectivity index (χ4n) is 2.84. The summed E-state index contributed by atoms with van der Waals surface area (Å²) in [6, 6.07) is 12.4. The molecule has 0 saturated carbocycles. The summed E-state index contributed by atoms with van der Waals surface area (Å²) in [6.07, 6.45) is 4.62. The van der Waals surface area contributed by atoms with Gasteiger partial charge in [-0.15, -0.1) is 0 Å². The molecule has 2 heterocycles. The second-order valence-corrected chi connectivity index (χ2v) is 5.15. The highest BCUT2D eigenvalue weighted by molar-refractivity contribution is 6.00. The highest BCUT2D eigenvalue weighted by atomic mass is 15.2. The van der Waals surface area contributed by atoms with Crippen molar-refractivity contribution in [1.82, 2.24) is 4.98 Å². The zero-order chi connectivity index (χ0) is 13.9. The van der Waals surface area contributed by atoms with Gasteiger partial charge in [0.1, 0.15) is 5.84 Å². The third-order valence-electron chi connectivity index (χ3n) is 3.89. The zero-order valence-electron chi connectivity index (χ0n) is 11.3. The minimum atomic E-state index is 0.102. The van der Waals surface area contributed by atoms with Gasteiger partial charge in [-0.2, -0.15) is 0 Å². The highest BCUT2D eigenvalue weighted by Crippen LogP contribution is 2.31. The van der Waals surface area contributed by atoms with E-state index in [0.717, 1.165) is 30.8 Å². The summed E-state index contributed by atoms with van der Waals surface area (Å²) in [5.74, 6) is 0.641. The molecule has 1 atom stereocenters. The van der Waals surface area contributed by atoms with Crippen molar-refractivity contribution in [3.8, 4) is 0 Å². The molecule has 1 aromatic heterocycles. The first-order valence-electron chi connectivity index (χ1n) is 6.84. The van der Waals surface area contributed by atoms with Gasteiger partial charge in [-0.25, -0.2) is 0 Å². The van der Waals surface area contributed by atoms with Gasteiger partial charge in [0.15, 0.2) is 0 Å². The number of nitrogen functional groups attached to an aromatic ring is 1. The van der Waals surface area contributed by atoms with Gasteiger partial charge in [0.05, 0.1) is 11.9 Å². The summed E-state index contributed by atoms with van der Waals surface area (Å²) in [7, 11) is 0. The molecule has 1 aliphatic heterocycles. The molecular weight excluding hydrogens is 248 g/mol. The molecule has 1 unspecified atom stereocenters. The Morgan fingerprint density at radius 3 is 2.80 bits per heavy atom. The molecule has 0 amide bonds. The van der Waals surface area contributed by atoms with Crippen molar-refractivity contribution in [1.29, 1.82) is 5.41 Å². The average molecular weight is 266 g/mol. The molecule has 0 aliphatic carbocycles. The van der Waals surface area contributed by atoms with Crippen LogP contribution in [0, 0.1) is 5.41 Å². The van der Waals surface area contributed by atoms with Crippen LogP contribution in [0.5, 0.6) is 0 Å². The molecule has 4 nitrogen and oxygen atoms in total. The average Bonchev–Trinajstić information content (AvgIpc) is 2.98. The quantitative estimate of drug-likeness (QED) is 0.662. The van der Waals surface area contributed by atoms with E-state index in [1.165, 1.54) is 5.56 Å². The van der Waals surface area contributed by atoms with Crippen LogP contribution < -0.4 is 10.6 Å². The predicted octanol–water partition coefficient (Wildman–Crippen LogP) is 2.36. The molecule has 0 bridgehead atoms. The Bertz CT molecular complexity index is 609. The summed E-state index contributed by atoms with van der Waals surface area (Å²) in [4.78, 5) is 6.46. The lowest BCUT2D eigenvalue weighted by Gasteiger charge is -2.21. The Hall–Kier alpha value is -2.36. The fourth-order valence-corrected chi connectivity index (χ4v) is 2.84. The largest absolute Gasteiger partial charge is 0.384 e. The summed E-state index contributed by atoms with van der Waals surface area (Å²) < 4.78 is 0. The molecule has 4 heteroatoms. The molecule has 0 radical (unpaired) electrons. The fraction of sp³-hybridized carbons (Fsp3) is 0.250. The summed E-state index contributed by atoms with van der Waals surface area (Å²) in [6.45, 7) is 1.93. The molecule has 0 spiro atoms. The second-order valence-electron chi connectivity index (χ2n) is 5.15. The molecule has 3 rings (SSSR count). The van der Waals surface area contributed by atoms with Gasteiger partial charge in [-0.1, -0.05) is 30.3 Å². The van der Waals surface area contributed by atoms with Crippen molar-refractivity contribution in [3.63, 3.8) is 0 Å². The van der Waals surface area contributed by atoms with E-state index in [0.29, 0.717) is 5.92 Å². The molecule has 3 N–H and O–H groups in total. The van der Waals surface area contributed by atoms with Gasteiger partial charge in [-0.3, -0.25) is 10.4 Å². The lowest BCUT2D eigenvalue weighted by Crippen LogP contribution is -2.24. The highest BCUT2D eigenvalue weighted by Gasteiger charge is 2.25. The van der Waals surface area contributed by atoms with Crippen molar-refractivity contribution in [2.24, 2.45) is 5.73 Å². The molecule has 102 valence electrons. The maximum Gasteiger partial charge on any atom is 0.125 e. The topological polar surface area (TPSA) is 66.0 Å². The van der Waals surface area contributed by atoms with E-state index in [1.54, 1.807) is 6.20 Å². The van der Waals surface area contributed by atoms with Crippen molar-refractivity contribution in [3.05, 3.63) is 59.9 Å². The summed E-state index contributed by atoms with van der Waals surface area (Å²) in [5.41, 5.74) is 8.78. The van der Waals surface area contributed by atoms with E-state index >= 15 is 0 Å². The van der Waals surface area contributed by atoms with Crippen molar-refractivity contribution in [2.45, 2.75) is 12.3 Å². The minimum absolute atomic E-state index is 0.102. The van der Waals surface area contributed by atoms with Gasteiger partial charge in [-0.05, 0) is 18.1 Å². The number of anilines is 1. The lowest BCUT2D eigenvalue weighted by molar-refractivity contribution is 0.775. The first-order chi connectivity index (χ1) is 9.75. The first-order valence-corrected chi connectivity index (χ1v) is 6.84. The number of nitrogens with zero attached hydrogens (tertiary/aromatic N) is 2. The van der Waals surface area contributed by atoms with E-state index in [2.05, 4.69) is 34.1 Å². The smallest absolute Gasteiger partial charge is 0.125 e. The summed E-state index contributed by atoms with van der Waals surface area (Å²) >= 11 is 0. The molecule has 20 heavy (non-hydrogen) atoms. The predicted molar refractivity (Wildman–Crippen MR) is 81.3 cm³/mol. The van der Waals surface area contributed by atoms with Gasteiger partial charge >= 0.3 is 0 Å². The minimum Gasteiger partial charge on any atom is -0.384 e. The van der Waals surface area contributed by atoms with Crippen molar-refractivity contribution in [2.75, 3.05) is 18.0 Å². The van der Waals surface area contributed by atoms with E-state index in [9.17, 15) is 0 Å². The number of nitrogens with two attached hydrogens (primary N) is 1. The van der Waals surface area contributed by atoms with E-state index < -0.39 is 0 Å². The normalized spacial score (nSPS) is 18.2. The number of rotatable bonds is 3. The zero-order valence-corrected chi connectivity index (χ0v) is 11.3. The van der Waals surface area contributed by atoms with Crippen LogP contribution in [-0.2, 0) is 0 Å². The van der Waals surface area contributed by atoms with Crippen LogP contribution >= 0.6 is 0 Å². The number of pyridine rings is 1. The molecule has 2 aromatic rings. The Labute approximate surface area is 118 Å². The molecule has 1 fully saturated rings. The van der Waals surface area contributed by atoms with E-state index in [1.807, 2.05) is 18.3 Å². The maximum atomic E-state index is 7.68. The first kappa shape index (κ1) is 12.7. The number of benzene rings is 1. The van der Waals surface area contributed by atoms with Crippen molar-refractivity contribution >= 4 is 11.5 Å². The van der Waals surface area contributed by atoms with Gasteiger partial charge < -0.3 is 10.6 Å². The molecular formula is C16H18N4. The van der Waals surface area contributed by atoms with Crippen LogP contribution in [-0.4, -0.2) is 23.9 Å². The number of aromatic nitrogens is 1. The van der Waals surface area contributed by atoms with Gasteiger partial charge in [0, 0.05) is 30.8 Å². The van der Waals surface area contributed by atoms with Crippen molar-refractivity contribution < 1.29 is 0 Å². The van der Waals surface area contributed by atoms with Crippen LogP contribution in [0.1, 0.15) is 23.5 Å². The number of nitrogens with one attached hydrogen (secondary N) is 1. The second kappa shape index (κ2) is 5.33. The number of hydrogen-bond donors (Lipinski definition) is 2. The van der Waals surface area contributed by atoms with Gasteiger partial charge in [0.25, 0.3) is 0 Å². The number of hydrogen-bond acceptors (Lipinski definition) is 3. The Kier molecular flexibility index (Phi) is 3.37. The standard InChI is InChI=1S/C16H18N4/c17-16(18)14-6-8-19-10-15(14)20-9-7-13(11-20)12-4-2-1-3-5-12/h1-6,8,10,13H,7,9,11H2,(H3,17,18). The molecule has 1 saturated heterocycles. The van der Waals surface area contributed by atoms with Gasteiger partial charge in [0.2, 0.25) is 0 Å². The molecule has 1 aromatic carbocycles. The summed E-state index contributed by atoms with van der Waals surface area (Å²) in [5, 5.41) is 7.68. The SMILES string of the molecule is N=C(N)c1ccncc1N1CCC(c2ccccc2)C1.